The van der Waals surface area contributed by atoms with Crippen molar-refractivity contribution in [3.05, 3.63) is 99.7 Å². The molecule has 188 valence electrons. The molecule has 0 aliphatic carbocycles. The molecule has 0 spiro atoms. The summed E-state index contributed by atoms with van der Waals surface area (Å²) in [4.78, 5) is 51.3. The highest BCUT2D eigenvalue weighted by molar-refractivity contribution is 6.53. The molecule has 1 aliphatic rings. The number of amides is 3. The fourth-order valence-corrected chi connectivity index (χ4v) is 3.83. The first-order chi connectivity index (χ1) is 17.8. The lowest BCUT2D eigenvalue weighted by Crippen LogP contribution is -2.32. The van der Waals surface area contributed by atoms with Crippen LogP contribution in [0.15, 0.2) is 83.5 Å². The van der Waals surface area contributed by atoms with Gasteiger partial charge in [0.05, 0.1) is 17.9 Å². The van der Waals surface area contributed by atoms with Crippen LogP contribution in [-0.2, 0) is 14.3 Å². The zero-order valence-electron chi connectivity index (χ0n) is 19.6. The maximum Gasteiger partial charge on any atom is 0.338 e. The normalized spacial score (nSPS) is 13.1. The van der Waals surface area contributed by atoms with Crippen molar-refractivity contribution in [2.45, 2.75) is 13.3 Å². The Morgan fingerprint density at radius 3 is 2.24 bits per heavy atom. The highest BCUT2D eigenvalue weighted by Gasteiger charge is 2.39. The molecule has 3 aromatic rings. The lowest BCUT2D eigenvalue weighted by molar-refractivity contribution is -0.120. The topological polar surface area (TPSA) is 105 Å². The van der Waals surface area contributed by atoms with E-state index in [0.717, 1.165) is 11.3 Å². The van der Waals surface area contributed by atoms with E-state index in [1.807, 2.05) is 6.92 Å². The number of esters is 1. The van der Waals surface area contributed by atoms with Gasteiger partial charge in [-0.1, -0.05) is 36.2 Å². The number of hydrogen-bond donors (Lipinski definition) is 2. The Hall–Kier alpha value is -4.14. The Balaban J connectivity index is 1.45. The van der Waals surface area contributed by atoms with Crippen LogP contribution in [0.25, 0.3) is 0 Å². The summed E-state index contributed by atoms with van der Waals surface area (Å²) in [6.07, 6.45) is 0.725. The number of anilines is 3. The van der Waals surface area contributed by atoms with Crippen molar-refractivity contribution >= 4 is 64.0 Å². The van der Waals surface area contributed by atoms with Crippen LogP contribution >= 0.6 is 23.2 Å². The fraction of sp³-hybridized carbons (Fsp3) is 0.111. The van der Waals surface area contributed by atoms with Gasteiger partial charge in [0.1, 0.15) is 10.7 Å². The number of ether oxygens (including phenoxy) is 1. The first kappa shape index (κ1) is 25.9. The van der Waals surface area contributed by atoms with Crippen LogP contribution in [0.4, 0.5) is 17.1 Å². The van der Waals surface area contributed by atoms with Crippen molar-refractivity contribution in [1.82, 2.24) is 0 Å². The minimum atomic E-state index is -0.674. The molecule has 0 aromatic heterocycles. The molecule has 0 atom stereocenters. The summed E-state index contributed by atoms with van der Waals surface area (Å²) in [7, 11) is 0. The second kappa shape index (κ2) is 11.3. The lowest BCUT2D eigenvalue weighted by atomic mass is 10.1. The number of nitrogens with zero attached hydrogens (tertiary/aromatic N) is 1. The van der Waals surface area contributed by atoms with Crippen molar-refractivity contribution in [1.29, 1.82) is 0 Å². The van der Waals surface area contributed by atoms with E-state index in [0.29, 0.717) is 39.8 Å². The second-order valence-corrected chi connectivity index (χ2v) is 8.80. The largest absolute Gasteiger partial charge is 0.462 e. The smallest absolute Gasteiger partial charge is 0.338 e. The number of halogens is 2. The molecule has 1 heterocycles. The summed E-state index contributed by atoms with van der Waals surface area (Å²) in [6.45, 7) is 2.24. The van der Waals surface area contributed by atoms with Gasteiger partial charge in [-0.05, 0) is 73.2 Å². The maximum absolute atomic E-state index is 13.0. The molecule has 3 amide bonds. The molecule has 0 radical (unpaired) electrons. The Bertz CT molecular complexity index is 1400. The Morgan fingerprint density at radius 1 is 0.865 bits per heavy atom. The molecule has 4 rings (SSSR count). The van der Waals surface area contributed by atoms with Crippen molar-refractivity contribution in [3.8, 4) is 0 Å². The number of hydrogen-bond acceptors (Lipinski definition) is 6. The molecule has 0 bridgehead atoms. The summed E-state index contributed by atoms with van der Waals surface area (Å²) in [5.74, 6) is -2.15. The van der Waals surface area contributed by atoms with E-state index in [1.165, 1.54) is 18.2 Å². The lowest BCUT2D eigenvalue weighted by Gasteiger charge is -2.15. The van der Waals surface area contributed by atoms with Crippen LogP contribution in [-0.4, -0.2) is 30.3 Å². The molecular formula is C27H21Cl2N3O5. The first-order valence-electron chi connectivity index (χ1n) is 11.3. The predicted octanol–water partition coefficient (Wildman–Crippen LogP) is 5.59. The SMILES string of the molecule is CCCOC(=O)c1ccc(NC(=O)c2cccc(NC3=C(Cl)C(=O)N(c4ccc(Cl)cc4)C3=O)c2)cc1. The van der Waals surface area contributed by atoms with Crippen molar-refractivity contribution in [2.75, 3.05) is 22.1 Å². The van der Waals surface area contributed by atoms with Gasteiger partial charge in [0, 0.05) is 22.0 Å². The molecule has 0 saturated carbocycles. The van der Waals surface area contributed by atoms with Crippen LogP contribution in [0.1, 0.15) is 34.1 Å². The molecule has 0 saturated heterocycles. The minimum absolute atomic E-state index is 0.107. The Morgan fingerprint density at radius 2 is 1.57 bits per heavy atom. The van der Waals surface area contributed by atoms with Crippen molar-refractivity contribution in [3.63, 3.8) is 0 Å². The van der Waals surface area contributed by atoms with Crippen LogP contribution in [0.3, 0.4) is 0 Å². The number of carbonyl (C=O) groups excluding carboxylic acids is 4. The summed E-state index contributed by atoms with van der Waals surface area (Å²) in [5, 5.41) is 5.79. The summed E-state index contributed by atoms with van der Waals surface area (Å²) >= 11 is 12.1. The fourth-order valence-electron chi connectivity index (χ4n) is 3.49. The average Bonchev–Trinajstić information content (AvgIpc) is 3.11. The van der Waals surface area contributed by atoms with Gasteiger partial charge in [0.2, 0.25) is 0 Å². The summed E-state index contributed by atoms with van der Waals surface area (Å²) in [6, 6.07) is 18.9. The highest BCUT2D eigenvalue weighted by Crippen LogP contribution is 2.31. The van der Waals surface area contributed by atoms with Crippen LogP contribution in [0.5, 0.6) is 0 Å². The number of nitrogens with one attached hydrogen (secondary N) is 2. The van der Waals surface area contributed by atoms with Crippen LogP contribution in [0, 0.1) is 0 Å². The quantitative estimate of drug-likeness (QED) is 0.286. The molecule has 3 aromatic carbocycles. The van der Waals surface area contributed by atoms with Gasteiger partial charge in [0.25, 0.3) is 17.7 Å². The molecule has 1 aliphatic heterocycles. The van der Waals surface area contributed by atoms with Crippen molar-refractivity contribution in [2.24, 2.45) is 0 Å². The number of carbonyl (C=O) groups is 4. The Kier molecular flexibility index (Phi) is 7.91. The zero-order chi connectivity index (χ0) is 26.5. The standard InChI is InChI=1S/C27H21Cl2N3O5/c1-2-14-37-27(36)16-6-10-19(11-7-16)31-24(33)17-4-3-5-20(15-17)30-23-22(29)25(34)32(26(23)35)21-12-8-18(28)9-13-21/h3-13,15,30H,2,14H2,1H3,(H,31,33). The third kappa shape index (κ3) is 5.82. The van der Waals surface area contributed by atoms with Gasteiger partial charge in [-0.15, -0.1) is 0 Å². The van der Waals surface area contributed by atoms with Gasteiger partial charge in [-0.3, -0.25) is 14.4 Å². The molecule has 2 N–H and O–H groups in total. The number of rotatable bonds is 8. The van der Waals surface area contributed by atoms with Crippen LogP contribution in [0.2, 0.25) is 5.02 Å². The van der Waals surface area contributed by atoms with E-state index in [-0.39, 0.29) is 10.7 Å². The number of benzene rings is 3. The van der Waals surface area contributed by atoms with Gasteiger partial charge >= 0.3 is 5.97 Å². The van der Waals surface area contributed by atoms with E-state index in [2.05, 4.69) is 10.6 Å². The van der Waals surface area contributed by atoms with Gasteiger partial charge in [0.15, 0.2) is 0 Å². The molecule has 0 fully saturated rings. The highest BCUT2D eigenvalue weighted by atomic mass is 35.5. The third-order valence-electron chi connectivity index (χ3n) is 5.32. The predicted molar refractivity (Wildman–Crippen MR) is 142 cm³/mol. The monoisotopic (exact) mass is 537 g/mol. The van der Waals surface area contributed by atoms with E-state index in [9.17, 15) is 19.2 Å². The first-order valence-corrected chi connectivity index (χ1v) is 12.0. The molecular weight excluding hydrogens is 517 g/mol. The van der Waals surface area contributed by atoms with Gasteiger partial charge in [-0.2, -0.15) is 0 Å². The zero-order valence-corrected chi connectivity index (χ0v) is 21.1. The third-order valence-corrected chi connectivity index (χ3v) is 5.92. The molecule has 8 nitrogen and oxygen atoms in total. The molecule has 0 unspecified atom stereocenters. The molecule has 10 heteroatoms. The maximum atomic E-state index is 13.0. The van der Waals surface area contributed by atoms with Crippen LogP contribution < -0.4 is 15.5 Å². The number of imide groups is 1. The Labute approximate surface area is 222 Å². The van der Waals surface area contributed by atoms with E-state index in [4.69, 9.17) is 27.9 Å². The van der Waals surface area contributed by atoms with E-state index in [1.54, 1.807) is 54.6 Å². The van der Waals surface area contributed by atoms with Gasteiger partial charge in [-0.25, -0.2) is 9.69 Å². The summed E-state index contributed by atoms with van der Waals surface area (Å²) in [5.41, 5.74) is 1.76. The van der Waals surface area contributed by atoms with Crippen molar-refractivity contribution < 1.29 is 23.9 Å². The van der Waals surface area contributed by atoms with Gasteiger partial charge < -0.3 is 15.4 Å². The molecule has 37 heavy (non-hydrogen) atoms. The van der Waals surface area contributed by atoms with E-state index < -0.39 is 23.7 Å². The second-order valence-electron chi connectivity index (χ2n) is 7.98. The summed E-state index contributed by atoms with van der Waals surface area (Å²) < 4.78 is 5.09. The minimum Gasteiger partial charge on any atom is -0.462 e. The van der Waals surface area contributed by atoms with E-state index >= 15 is 0 Å². The average molecular weight is 538 g/mol.